The normalized spacial score (nSPS) is 19.3. The molecule has 0 aliphatic carbocycles. The molecule has 1 heterocycles. The first kappa shape index (κ1) is 19.0. The lowest BCUT2D eigenvalue weighted by Crippen LogP contribution is -2.37. The van der Waals surface area contributed by atoms with Crippen molar-refractivity contribution in [2.45, 2.75) is 16.7 Å². The molecule has 0 saturated carbocycles. The Hall–Kier alpha value is -1.81. The van der Waals surface area contributed by atoms with Crippen molar-refractivity contribution in [1.82, 2.24) is 3.71 Å². The number of hydrogen-bond donors (Lipinski definition) is 0. The van der Waals surface area contributed by atoms with Crippen molar-refractivity contribution in [1.29, 1.82) is 0 Å². The quantitative estimate of drug-likeness (QED) is 0.726. The van der Waals surface area contributed by atoms with Crippen molar-refractivity contribution in [3.63, 3.8) is 0 Å². The van der Waals surface area contributed by atoms with Crippen LogP contribution < -0.4 is 0 Å². The van der Waals surface area contributed by atoms with Gasteiger partial charge in [0.25, 0.3) is 20.0 Å². The van der Waals surface area contributed by atoms with Crippen molar-refractivity contribution in [2.24, 2.45) is 3.77 Å². The molecule has 1 aliphatic rings. The van der Waals surface area contributed by atoms with E-state index in [1.54, 1.807) is 42.5 Å². The fraction of sp³-hybridized carbons (Fsp3) is 0.176. The summed E-state index contributed by atoms with van der Waals surface area (Å²) in [5.41, 5.74) is 0.917. The third kappa shape index (κ3) is 3.96. The van der Waals surface area contributed by atoms with Crippen LogP contribution in [0.2, 0.25) is 0 Å². The highest BCUT2D eigenvalue weighted by Crippen LogP contribution is 2.24. The van der Waals surface area contributed by atoms with Gasteiger partial charge < -0.3 is 0 Å². The number of nitrogens with zero attached hydrogens (tertiary/aromatic N) is 2. The minimum absolute atomic E-state index is 0.0526. The molecule has 0 fully saturated rings. The van der Waals surface area contributed by atoms with E-state index in [2.05, 4.69) is 3.77 Å². The highest BCUT2D eigenvalue weighted by atomic mass is 32.3. The van der Waals surface area contributed by atoms with E-state index in [0.29, 0.717) is 0 Å². The molecule has 1 atom stereocenters. The Morgan fingerprint density at radius 2 is 1.42 bits per heavy atom. The first-order valence-electron chi connectivity index (χ1n) is 7.78. The van der Waals surface area contributed by atoms with E-state index in [0.717, 1.165) is 9.28 Å². The van der Waals surface area contributed by atoms with Gasteiger partial charge in [0.1, 0.15) is 0 Å². The molecule has 6 nitrogen and oxygen atoms in total. The summed E-state index contributed by atoms with van der Waals surface area (Å²) in [6.45, 7) is 1.94. The van der Waals surface area contributed by atoms with Crippen LogP contribution in [0.1, 0.15) is 6.92 Å². The summed E-state index contributed by atoms with van der Waals surface area (Å²) in [5, 5.41) is 0. The molecule has 2 aromatic carbocycles. The summed E-state index contributed by atoms with van der Waals surface area (Å²) in [5.74, 6) is 0.262. The zero-order chi connectivity index (χ0) is 18.8. The molecule has 0 saturated heterocycles. The molecule has 0 aromatic heterocycles. The van der Waals surface area contributed by atoms with Crippen LogP contribution in [0.4, 0.5) is 0 Å². The minimum Gasteiger partial charge on any atom is -0.206 e. The summed E-state index contributed by atoms with van der Waals surface area (Å²) in [6, 6.07) is 15.8. The molecule has 0 spiro atoms. The lowest BCUT2D eigenvalue weighted by Gasteiger charge is -2.27. The average Bonchev–Trinajstić information content (AvgIpc) is 2.63. The summed E-state index contributed by atoms with van der Waals surface area (Å²) < 4.78 is 56.3. The molecule has 0 N–H and O–H groups in total. The molecular formula is C17H18N2O4S3. The van der Waals surface area contributed by atoms with E-state index in [1.165, 1.54) is 24.3 Å². The van der Waals surface area contributed by atoms with Gasteiger partial charge in [-0.15, -0.1) is 7.48 Å². The highest BCUT2D eigenvalue weighted by molar-refractivity contribution is 8.06. The predicted octanol–water partition coefficient (Wildman–Crippen LogP) is 2.74. The van der Waals surface area contributed by atoms with Crippen molar-refractivity contribution in [2.75, 3.05) is 12.3 Å². The molecule has 0 unspecified atom stereocenters. The fourth-order valence-corrected chi connectivity index (χ4v) is 8.13. The molecule has 3 rings (SSSR count). The van der Waals surface area contributed by atoms with Crippen LogP contribution in [0.5, 0.6) is 0 Å². The van der Waals surface area contributed by atoms with Gasteiger partial charge in [-0.2, -0.15) is 8.42 Å². The molecule has 1 aliphatic heterocycles. The summed E-state index contributed by atoms with van der Waals surface area (Å²) in [4.78, 5) is 0.175. The second-order valence-corrected chi connectivity index (χ2v) is 11.2. The number of rotatable bonds is 4. The van der Waals surface area contributed by atoms with Crippen LogP contribution in [0.25, 0.3) is 0 Å². The van der Waals surface area contributed by atoms with Gasteiger partial charge in [0.2, 0.25) is 0 Å². The molecule has 0 amide bonds. The maximum Gasteiger partial charge on any atom is 0.289 e. The Balaban J connectivity index is 2.08. The Kier molecular flexibility index (Phi) is 5.42. The monoisotopic (exact) mass is 410 g/mol. The molecular weight excluding hydrogens is 392 g/mol. The Morgan fingerprint density at radius 1 is 0.885 bits per heavy atom. The molecule has 0 radical (unpaired) electrons. The van der Waals surface area contributed by atoms with E-state index < -0.39 is 30.9 Å². The van der Waals surface area contributed by atoms with E-state index in [1.807, 2.05) is 6.92 Å². The highest BCUT2D eigenvalue weighted by Gasteiger charge is 2.31. The number of benzene rings is 2. The molecule has 26 heavy (non-hydrogen) atoms. The Bertz CT molecular complexity index is 1060. The fourth-order valence-electron chi connectivity index (χ4n) is 2.38. The largest absolute Gasteiger partial charge is 0.289 e. The van der Waals surface area contributed by atoms with E-state index in [4.69, 9.17) is 0 Å². The van der Waals surface area contributed by atoms with Crippen molar-refractivity contribution < 1.29 is 16.8 Å². The third-order valence-corrected chi connectivity index (χ3v) is 10.0. The van der Waals surface area contributed by atoms with Crippen LogP contribution in [0.3, 0.4) is 0 Å². The van der Waals surface area contributed by atoms with Gasteiger partial charge in [-0.3, -0.25) is 0 Å². The van der Waals surface area contributed by atoms with Gasteiger partial charge in [0.15, 0.2) is 0 Å². The van der Waals surface area contributed by atoms with Crippen LogP contribution in [-0.4, -0.2) is 32.8 Å². The lowest BCUT2D eigenvalue weighted by molar-refractivity contribution is 0.552. The SMILES string of the molecule is CC1=CCN(S(=O)(=O)c2ccccc2)[S@](=NS(=O)(=O)c2ccccc2)C1. The van der Waals surface area contributed by atoms with Crippen LogP contribution in [-0.2, 0) is 30.9 Å². The zero-order valence-electron chi connectivity index (χ0n) is 14.0. The van der Waals surface area contributed by atoms with Crippen molar-refractivity contribution in [3.8, 4) is 0 Å². The summed E-state index contributed by atoms with van der Waals surface area (Å²) in [6.07, 6.45) is 1.79. The first-order valence-corrected chi connectivity index (χ1v) is 12.0. The Morgan fingerprint density at radius 3 is 2.00 bits per heavy atom. The minimum atomic E-state index is -3.95. The van der Waals surface area contributed by atoms with Gasteiger partial charge in [0, 0.05) is 23.2 Å². The smallest absolute Gasteiger partial charge is 0.206 e. The molecule has 0 bridgehead atoms. The summed E-state index contributed by atoms with van der Waals surface area (Å²) in [7, 11) is -9.14. The zero-order valence-corrected chi connectivity index (χ0v) is 16.5. The second-order valence-electron chi connectivity index (χ2n) is 5.70. The van der Waals surface area contributed by atoms with Gasteiger partial charge in [-0.1, -0.05) is 48.0 Å². The number of hydrogen-bond acceptors (Lipinski definition) is 4. The predicted molar refractivity (Wildman–Crippen MR) is 102 cm³/mol. The van der Waals surface area contributed by atoms with Crippen molar-refractivity contribution in [3.05, 3.63) is 72.3 Å². The van der Waals surface area contributed by atoms with Crippen LogP contribution in [0.15, 0.2) is 85.9 Å². The third-order valence-electron chi connectivity index (χ3n) is 3.72. The van der Waals surface area contributed by atoms with Crippen LogP contribution in [0, 0.1) is 0 Å². The summed E-state index contributed by atoms with van der Waals surface area (Å²) >= 11 is 0. The van der Waals surface area contributed by atoms with Gasteiger partial charge in [0.05, 0.1) is 9.79 Å². The number of sulfonamides is 2. The first-order chi connectivity index (χ1) is 12.3. The molecule has 138 valence electrons. The van der Waals surface area contributed by atoms with Crippen molar-refractivity contribution >= 4 is 30.9 Å². The lowest BCUT2D eigenvalue weighted by atomic mass is 10.3. The maximum absolute atomic E-state index is 13.0. The Labute approximate surface area is 156 Å². The second kappa shape index (κ2) is 7.43. The topological polar surface area (TPSA) is 83.9 Å². The van der Waals surface area contributed by atoms with E-state index >= 15 is 0 Å². The standard InChI is InChI=1S/C17H18N2O4S3/c1-15-12-13-19(26(22,23)17-10-6-3-7-11-17)24(14-15)18-25(20,21)16-8-4-2-5-9-16/h2-12H,13-14H2,1H3/t24-/m0/s1. The van der Waals surface area contributed by atoms with Gasteiger partial charge >= 0.3 is 0 Å². The van der Waals surface area contributed by atoms with Gasteiger partial charge in [-0.25, -0.2) is 8.42 Å². The average molecular weight is 411 g/mol. The molecule has 9 heteroatoms. The van der Waals surface area contributed by atoms with Crippen LogP contribution >= 0.6 is 0 Å². The molecule has 2 aromatic rings. The van der Waals surface area contributed by atoms with E-state index in [-0.39, 0.29) is 22.1 Å². The maximum atomic E-state index is 13.0. The van der Waals surface area contributed by atoms with E-state index in [9.17, 15) is 16.8 Å². The van der Waals surface area contributed by atoms with Gasteiger partial charge in [-0.05, 0) is 31.2 Å².